The van der Waals surface area contributed by atoms with E-state index in [-0.39, 0.29) is 18.5 Å². The minimum absolute atomic E-state index is 0.179. The normalized spacial score (nSPS) is 41.8. The Kier molecular flexibility index (Phi) is 3.01. The first-order valence-corrected chi connectivity index (χ1v) is 5.28. The summed E-state index contributed by atoms with van der Waals surface area (Å²) in [6, 6.07) is 0. The van der Waals surface area contributed by atoms with Gasteiger partial charge >= 0.3 is 5.97 Å². The molecule has 0 radical (unpaired) electrons. The molecule has 0 aromatic rings. The van der Waals surface area contributed by atoms with Crippen LogP contribution in [0.15, 0.2) is 12.7 Å². The number of methoxy groups -OCH3 is 1. The zero-order valence-corrected chi connectivity index (χ0v) is 9.22. The maximum Gasteiger partial charge on any atom is 0.308 e. The maximum absolute atomic E-state index is 11.2. The van der Waals surface area contributed by atoms with E-state index in [0.29, 0.717) is 13.0 Å². The van der Waals surface area contributed by atoms with E-state index in [1.54, 1.807) is 0 Å². The van der Waals surface area contributed by atoms with Crippen molar-refractivity contribution in [3.63, 3.8) is 0 Å². The molecule has 0 amide bonds. The first-order valence-electron chi connectivity index (χ1n) is 5.28. The Bertz CT molecular complexity index is 297. The Morgan fingerprint density at radius 2 is 2.44 bits per heavy atom. The molecule has 1 N–H and O–H groups in total. The molecule has 2 saturated heterocycles. The standard InChI is InChI=1S/C11H16O5/c1-3-8-10(13)11(6-15-11)5-7(16-8)4-9(12)14-2/h3,7-8,10,13H,1,4-6H2,2H3/t7-,8-,10-,11-/m1/s1. The van der Waals surface area contributed by atoms with Gasteiger partial charge in [-0.3, -0.25) is 4.79 Å². The van der Waals surface area contributed by atoms with Gasteiger partial charge in [0.05, 0.1) is 26.2 Å². The second-order valence-electron chi connectivity index (χ2n) is 4.24. The van der Waals surface area contributed by atoms with Crippen molar-refractivity contribution in [1.29, 1.82) is 0 Å². The summed E-state index contributed by atoms with van der Waals surface area (Å²) in [4.78, 5) is 11.2. The average Bonchev–Trinajstić information content (AvgIpc) is 3.04. The number of carbonyl (C=O) groups excluding carboxylic acids is 1. The molecule has 2 rings (SSSR count). The number of hydrogen-bond acceptors (Lipinski definition) is 5. The van der Waals surface area contributed by atoms with Gasteiger partial charge in [-0.25, -0.2) is 0 Å². The lowest BCUT2D eigenvalue weighted by Crippen LogP contribution is -2.50. The van der Waals surface area contributed by atoms with Crippen molar-refractivity contribution in [1.82, 2.24) is 0 Å². The number of aliphatic hydroxyl groups is 1. The predicted molar refractivity (Wildman–Crippen MR) is 54.8 cm³/mol. The number of epoxide rings is 1. The molecule has 0 saturated carbocycles. The molecule has 2 heterocycles. The molecule has 0 aliphatic carbocycles. The van der Waals surface area contributed by atoms with E-state index in [1.165, 1.54) is 13.2 Å². The fourth-order valence-corrected chi connectivity index (χ4v) is 2.11. The van der Waals surface area contributed by atoms with Crippen LogP contribution >= 0.6 is 0 Å². The Morgan fingerprint density at radius 1 is 1.75 bits per heavy atom. The van der Waals surface area contributed by atoms with Crippen molar-refractivity contribution in [2.24, 2.45) is 0 Å². The number of ether oxygens (including phenoxy) is 3. The van der Waals surface area contributed by atoms with Gasteiger partial charge < -0.3 is 19.3 Å². The Labute approximate surface area is 94.0 Å². The molecule has 4 atom stereocenters. The first-order chi connectivity index (χ1) is 7.61. The topological polar surface area (TPSA) is 68.3 Å². The molecule has 2 fully saturated rings. The molecule has 5 nitrogen and oxygen atoms in total. The highest BCUT2D eigenvalue weighted by Gasteiger charge is 2.58. The summed E-state index contributed by atoms with van der Waals surface area (Å²) in [6.07, 6.45) is 0.787. The fraction of sp³-hybridized carbons (Fsp3) is 0.727. The van der Waals surface area contributed by atoms with Crippen LogP contribution in [0.3, 0.4) is 0 Å². The molecule has 1 spiro atoms. The van der Waals surface area contributed by atoms with Crippen LogP contribution in [0.4, 0.5) is 0 Å². The minimum Gasteiger partial charge on any atom is -0.469 e. The summed E-state index contributed by atoms with van der Waals surface area (Å²) >= 11 is 0. The van der Waals surface area contributed by atoms with Crippen LogP contribution in [0.25, 0.3) is 0 Å². The van der Waals surface area contributed by atoms with E-state index in [0.717, 1.165) is 0 Å². The van der Waals surface area contributed by atoms with Crippen LogP contribution < -0.4 is 0 Å². The lowest BCUT2D eigenvalue weighted by atomic mass is 9.88. The number of hydrogen-bond donors (Lipinski definition) is 1. The lowest BCUT2D eigenvalue weighted by Gasteiger charge is -2.36. The molecule has 90 valence electrons. The molecule has 0 bridgehead atoms. The first kappa shape index (κ1) is 11.6. The Morgan fingerprint density at radius 3 is 2.94 bits per heavy atom. The minimum atomic E-state index is -0.695. The van der Waals surface area contributed by atoms with Gasteiger partial charge in [-0.2, -0.15) is 0 Å². The van der Waals surface area contributed by atoms with Gasteiger partial charge in [-0.05, 0) is 0 Å². The largest absolute Gasteiger partial charge is 0.469 e. The Hall–Kier alpha value is -0.910. The third kappa shape index (κ3) is 1.98. The fourth-order valence-electron chi connectivity index (χ4n) is 2.11. The summed E-state index contributed by atoms with van der Waals surface area (Å²) < 4.78 is 15.4. The van der Waals surface area contributed by atoms with Crippen LogP contribution in [-0.4, -0.2) is 48.7 Å². The van der Waals surface area contributed by atoms with Crippen LogP contribution in [-0.2, 0) is 19.0 Å². The number of rotatable bonds is 3. The van der Waals surface area contributed by atoms with Crippen molar-refractivity contribution in [2.75, 3.05) is 13.7 Å². The third-order valence-electron chi connectivity index (χ3n) is 3.14. The lowest BCUT2D eigenvalue weighted by molar-refractivity contribution is -0.157. The van der Waals surface area contributed by atoms with E-state index >= 15 is 0 Å². The molecule has 2 aliphatic heterocycles. The van der Waals surface area contributed by atoms with Crippen molar-refractivity contribution in [2.45, 2.75) is 36.8 Å². The molecule has 0 aromatic carbocycles. The van der Waals surface area contributed by atoms with Crippen molar-refractivity contribution < 1.29 is 24.1 Å². The van der Waals surface area contributed by atoms with Gasteiger partial charge in [0, 0.05) is 6.42 Å². The summed E-state index contributed by atoms with van der Waals surface area (Å²) in [5, 5.41) is 9.93. The zero-order chi connectivity index (χ0) is 11.8. The monoisotopic (exact) mass is 228 g/mol. The predicted octanol–water partition coefficient (Wildman–Crippen LogP) is 0.0229. The highest BCUT2D eigenvalue weighted by Crippen LogP contribution is 2.43. The summed E-state index contributed by atoms with van der Waals surface area (Å²) in [5.41, 5.74) is -0.532. The van der Waals surface area contributed by atoms with E-state index in [9.17, 15) is 9.90 Å². The summed E-state index contributed by atoms with van der Waals surface area (Å²) in [6.45, 7) is 4.12. The summed E-state index contributed by atoms with van der Waals surface area (Å²) in [5.74, 6) is -0.319. The van der Waals surface area contributed by atoms with Gasteiger partial charge in [0.2, 0.25) is 0 Å². The molecule has 16 heavy (non-hydrogen) atoms. The number of aliphatic hydroxyl groups excluding tert-OH is 1. The van der Waals surface area contributed by atoms with Gasteiger partial charge in [-0.15, -0.1) is 6.58 Å². The van der Waals surface area contributed by atoms with Gasteiger partial charge in [0.15, 0.2) is 0 Å². The smallest absolute Gasteiger partial charge is 0.308 e. The quantitative estimate of drug-likeness (QED) is 0.419. The van der Waals surface area contributed by atoms with Crippen LogP contribution in [0.2, 0.25) is 0 Å². The summed E-state index contributed by atoms with van der Waals surface area (Å²) in [7, 11) is 1.34. The second-order valence-corrected chi connectivity index (χ2v) is 4.24. The molecule has 0 aromatic heterocycles. The maximum atomic E-state index is 11.2. The van der Waals surface area contributed by atoms with Crippen molar-refractivity contribution >= 4 is 5.97 Å². The second kappa shape index (κ2) is 4.16. The number of esters is 1. The Balaban J connectivity index is 2.01. The van der Waals surface area contributed by atoms with Crippen molar-refractivity contribution in [3.05, 3.63) is 12.7 Å². The average molecular weight is 228 g/mol. The molecule has 2 aliphatic rings. The van der Waals surface area contributed by atoms with E-state index in [1.807, 2.05) is 0 Å². The van der Waals surface area contributed by atoms with Gasteiger partial charge in [-0.1, -0.05) is 6.08 Å². The van der Waals surface area contributed by atoms with Gasteiger partial charge in [0.25, 0.3) is 0 Å². The van der Waals surface area contributed by atoms with Crippen LogP contribution in [0.1, 0.15) is 12.8 Å². The zero-order valence-electron chi connectivity index (χ0n) is 9.22. The van der Waals surface area contributed by atoms with E-state index in [4.69, 9.17) is 9.47 Å². The van der Waals surface area contributed by atoms with Crippen molar-refractivity contribution in [3.8, 4) is 0 Å². The van der Waals surface area contributed by atoms with Gasteiger partial charge in [0.1, 0.15) is 17.8 Å². The van der Waals surface area contributed by atoms with Crippen LogP contribution in [0.5, 0.6) is 0 Å². The SMILES string of the molecule is C=C[C@H]1O[C@H](CC(=O)OC)C[C@@]2(CO2)[C@@H]1O. The van der Waals surface area contributed by atoms with E-state index in [2.05, 4.69) is 11.3 Å². The number of carbonyl (C=O) groups is 1. The highest BCUT2D eigenvalue weighted by atomic mass is 16.6. The highest BCUT2D eigenvalue weighted by molar-refractivity contribution is 5.69. The molecular weight excluding hydrogens is 212 g/mol. The van der Waals surface area contributed by atoms with E-state index < -0.39 is 17.8 Å². The third-order valence-corrected chi connectivity index (χ3v) is 3.14. The molecular formula is C11H16O5. The van der Waals surface area contributed by atoms with Crippen LogP contribution in [0, 0.1) is 0 Å². The molecule has 5 heteroatoms. The molecule has 0 unspecified atom stereocenters.